The van der Waals surface area contributed by atoms with Gasteiger partial charge < -0.3 is 10.1 Å². The zero-order valence-corrected chi connectivity index (χ0v) is 12.9. The maximum Gasteiger partial charge on any atom is 0.252 e. The van der Waals surface area contributed by atoms with Crippen LogP contribution in [0.5, 0.6) is 0 Å². The molecule has 3 aromatic rings. The Morgan fingerprint density at radius 2 is 1.91 bits per heavy atom. The molecule has 0 aliphatic carbocycles. The molecule has 112 valence electrons. The van der Waals surface area contributed by atoms with Crippen LogP contribution in [0.3, 0.4) is 0 Å². The van der Waals surface area contributed by atoms with Crippen LogP contribution in [0.4, 0.5) is 0 Å². The van der Waals surface area contributed by atoms with Crippen LogP contribution in [-0.4, -0.2) is 16.2 Å². The van der Waals surface area contributed by atoms with E-state index in [-0.39, 0.29) is 5.56 Å². The number of aliphatic hydroxyl groups excluding tert-OH is 1. The maximum atomic E-state index is 12.5. The number of H-pyrrole nitrogens is 1. The van der Waals surface area contributed by atoms with E-state index in [0.717, 1.165) is 16.5 Å². The number of pyridine rings is 1. The summed E-state index contributed by atoms with van der Waals surface area (Å²) in [5, 5.41) is 11.2. The van der Waals surface area contributed by atoms with Gasteiger partial charge in [-0.2, -0.15) is 0 Å². The van der Waals surface area contributed by atoms with Crippen molar-refractivity contribution in [1.29, 1.82) is 0 Å². The van der Waals surface area contributed by atoms with Gasteiger partial charge in [-0.3, -0.25) is 4.79 Å². The number of benzene rings is 2. The van der Waals surface area contributed by atoms with Gasteiger partial charge >= 0.3 is 0 Å². The molecule has 0 fully saturated rings. The number of aromatic nitrogens is 1. The topological polar surface area (TPSA) is 53.1 Å². The fourth-order valence-electron chi connectivity index (χ4n) is 2.74. The molecule has 4 heteroatoms. The van der Waals surface area contributed by atoms with Gasteiger partial charge in [-0.1, -0.05) is 48.0 Å². The third-order valence-electron chi connectivity index (χ3n) is 3.64. The molecule has 0 radical (unpaired) electrons. The predicted octanol–water partition coefficient (Wildman–Crippen LogP) is 3.77. The first-order valence-corrected chi connectivity index (χ1v) is 7.52. The fraction of sp³-hybridized carbons (Fsp3) is 0.167. The first-order chi connectivity index (χ1) is 10.6. The third-order valence-corrected chi connectivity index (χ3v) is 3.87. The lowest BCUT2D eigenvalue weighted by atomic mass is 9.93. The smallest absolute Gasteiger partial charge is 0.252 e. The summed E-state index contributed by atoms with van der Waals surface area (Å²) in [6, 6.07) is 15.2. The highest BCUT2D eigenvalue weighted by Crippen LogP contribution is 2.31. The second-order valence-corrected chi connectivity index (χ2v) is 5.85. The molecule has 2 N–H and O–H groups in total. The molecule has 0 bridgehead atoms. The summed E-state index contributed by atoms with van der Waals surface area (Å²) < 4.78 is 0. The molecule has 1 heterocycles. The van der Waals surface area contributed by atoms with Crippen molar-refractivity contribution < 1.29 is 5.11 Å². The Labute approximate surface area is 133 Å². The van der Waals surface area contributed by atoms with Gasteiger partial charge in [-0.05, 0) is 30.2 Å². The van der Waals surface area contributed by atoms with Crippen molar-refractivity contribution in [1.82, 2.24) is 4.98 Å². The minimum atomic E-state index is -0.590. The maximum absolute atomic E-state index is 12.5. The normalized spacial score (nSPS) is 12.5. The Morgan fingerprint density at radius 3 is 2.59 bits per heavy atom. The van der Waals surface area contributed by atoms with E-state index in [9.17, 15) is 9.90 Å². The van der Waals surface area contributed by atoms with E-state index >= 15 is 0 Å². The van der Waals surface area contributed by atoms with E-state index in [1.165, 1.54) is 0 Å². The van der Waals surface area contributed by atoms with E-state index < -0.39 is 6.10 Å². The fourth-order valence-corrected chi connectivity index (χ4v) is 2.91. The number of hydrogen-bond acceptors (Lipinski definition) is 2. The minimum Gasteiger partial charge on any atom is -0.393 e. The van der Waals surface area contributed by atoms with E-state index in [1.54, 1.807) is 19.1 Å². The number of hydrogen-bond donors (Lipinski definition) is 2. The Morgan fingerprint density at radius 1 is 1.18 bits per heavy atom. The lowest BCUT2D eigenvalue weighted by molar-refractivity contribution is 0.195. The van der Waals surface area contributed by atoms with Gasteiger partial charge in [0, 0.05) is 22.4 Å². The Kier molecular flexibility index (Phi) is 4.01. The predicted molar refractivity (Wildman–Crippen MR) is 90.4 cm³/mol. The summed E-state index contributed by atoms with van der Waals surface area (Å²) in [5.41, 5.74) is 2.92. The van der Waals surface area contributed by atoms with Crippen LogP contribution in [0.1, 0.15) is 12.5 Å². The van der Waals surface area contributed by atoms with E-state index in [0.29, 0.717) is 22.5 Å². The Balaban J connectivity index is 2.40. The number of rotatable bonds is 3. The molecule has 0 aliphatic heterocycles. The molecule has 0 amide bonds. The van der Waals surface area contributed by atoms with Crippen molar-refractivity contribution in [2.24, 2.45) is 0 Å². The van der Waals surface area contributed by atoms with Crippen molar-refractivity contribution in [3.63, 3.8) is 0 Å². The highest BCUT2D eigenvalue weighted by Gasteiger charge is 2.16. The van der Waals surface area contributed by atoms with Gasteiger partial charge in [-0.15, -0.1) is 0 Å². The largest absolute Gasteiger partial charge is 0.393 e. The average Bonchev–Trinajstić information content (AvgIpc) is 2.48. The average molecular weight is 314 g/mol. The van der Waals surface area contributed by atoms with Crippen molar-refractivity contribution in [3.05, 3.63) is 69.5 Å². The summed E-state index contributed by atoms with van der Waals surface area (Å²) in [6.45, 7) is 1.68. The molecule has 1 unspecified atom stereocenters. The quantitative estimate of drug-likeness (QED) is 0.773. The van der Waals surface area contributed by atoms with Gasteiger partial charge in [-0.25, -0.2) is 0 Å². The number of halogens is 1. The summed E-state index contributed by atoms with van der Waals surface area (Å²) in [4.78, 5) is 15.3. The Hall–Kier alpha value is -2.10. The van der Waals surface area contributed by atoms with Crippen LogP contribution in [0.2, 0.25) is 5.02 Å². The zero-order valence-electron chi connectivity index (χ0n) is 12.1. The molecule has 1 aromatic heterocycles. The SMILES string of the molecule is CC(O)Cc1c(-c2ccccc2)c2ccc(Cl)cc2[nH]c1=O. The molecule has 2 aromatic carbocycles. The molecule has 1 atom stereocenters. The molecular formula is C18H16ClNO2. The summed E-state index contributed by atoms with van der Waals surface area (Å²) in [5.74, 6) is 0. The highest BCUT2D eigenvalue weighted by molar-refractivity contribution is 6.31. The second-order valence-electron chi connectivity index (χ2n) is 5.42. The standard InChI is InChI=1S/C18H16ClNO2/c1-11(21)9-15-17(12-5-3-2-4-6-12)14-8-7-13(19)10-16(14)20-18(15)22/h2-8,10-11,21H,9H2,1H3,(H,20,22). The van der Waals surface area contributed by atoms with Crippen LogP contribution < -0.4 is 5.56 Å². The van der Waals surface area contributed by atoms with E-state index in [1.807, 2.05) is 36.4 Å². The first kappa shape index (κ1) is 14.8. The zero-order chi connectivity index (χ0) is 15.7. The summed E-state index contributed by atoms with van der Waals surface area (Å²) >= 11 is 6.03. The van der Waals surface area contributed by atoms with Crippen LogP contribution in [0.25, 0.3) is 22.0 Å². The van der Waals surface area contributed by atoms with Crippen LogP contribution in [-0.2, 0) is 6.42 Å². The number of aromatic amines is 1. The lowest BCUT2D eigenvalue weighted by Crippen LogP contribution is -2.19. The van der Waals surface area contributed by atoms with E-state index in [4.69, 9.17) is 11.6 Å². The van der Waals surface area contributed by atoms with Crippen molar-refractivity contribution in [3.8, 4) is 11.1 Å². The van der Waals surface area contributed by atoms with Gasteiger partial charge in [0.2, 0.25) is 0 Å². The van der Waals surface area contributed by atoms with Gasteiger partial charge in [0.05, 0.1) is 11.6 Å². The van der Waals surface area contributed by atoms with Crippen molar-refractivity contribution in [2.75, 3.05) is 0 Å². The highest BCUT2D eigenvalue weighted by atomic mass is 35.5. The minimum absolute atomic E-state index is 0.186. The van der Waals surface area contributed by atoms with Crippen LogP contribution in [0.15, 0.2) is 53.3 Å². The van der Waals surface area contributed by atoms with Crippen molar-refractivity contribution in [2.45, 2.75) is 19.4 Å². The Bertz CT molecular complexity index is 869. The summed E-state index contributed by atoms with van der Waals surface area (Å²) in [6.07, 6.45) is -0.286. The lowest BCUT2D eigenvalue weighted by Gasteiger charge is -2.14. The van der Waals surface area contributed by atoms with Crippen LogP contribution in [0, 0.1) is 0 Å². The van der Waals surface area contributed by atoms with Gasteiger partial charge in [0.25, 0.3) is 5.56 Å². The molecule has 0 spiro atoms. The van der Waals surface area contributed by atoms with Crippen molar-refractivity contribution >= 4 is 22.5 Å². The van der Waals surface area contributed by atoms with Crippen LogP contribution >= 0.6 is 11.6 Å². The molecule has 0 aliphatic rings. The van der Waals surface area contributed by atoms with E-state index in [2.05, 4.69) is 4.98 Å². The number of aliphatic hydroxyl groups is 1. The molecule has 0 saturated heterocycles. The molecule has 3 nitrogen and oxygen atoms in total. The molecular weight excluding hydrogens is 298 g/mol. The third kappa shape index (κ3) is 2.78. The molecule has 3 rings (SSSR count). The summed E-state index contributed by atoms with van der Waals surface area (Å²) in [7, 11) is 0. The monoisotopic (exact) mass is 313 g/mol. The second kappa shape index (κ2) is 5.95. The number of fused-ring (bicyclic) bond motifs is 1. The molecule has 22 heavy (non-hydrogen) atoms. The van der Waals surface area contributed by atoms with Gasteiger partial charge in [0.1, 0.15) is 0 Å². The molecule has 0 saturated carbocycles. The van der Waals surface area contributed by atoms with Gasteiger partial charge in [0.15, 0.2) is 0 Å². The first-order valence-electron chi connectivity index (χ1n) is 7.14. The number of nitrogens with one attached hydrogen (secondary N) is 1.